The van der Waals surface area contributed by atoms with Crippen molar-refractivity contribution in [2.45, 2.75) is 31.7 Å². The van der Waals surface area contributed by atoms with Crippen LogP contribution in [0, 0.1) is 6.92 Å². The summed E-state index contributed by atoms with van der Waals surface area (Å²) in [4.78, 5) is 27.7. The van der Waals surface area contributed by atoms with E-state index in [9.17, 15) is 14.7 Å². The molecule has 1 aliphatic rings. The molecule has 1 aromatic heterocycles. The number of rotatable bonds is 4. The highest BCUT2D eigenvalue weighted by atomic mass is 32.2. The van der Waals surface area contributed by atoms with E-state index in [0.29, 0.717) is 12.8 Å². The highest BCUT2D eigenvalue weighted by molar-refractivity contribution is 7.99. The number of nitrogens with one attached hydrogen (secondary N) is 1. The van der Waals surface area contributed by atoms with Crippen LogP contribution in [0.1, 0.15) is 24.1 Å². The molecule has 0 radical (unpaired) electrons. The third-order valence-electron chi connectivity index (χ3n) is 3.47. The van der Waals surface area contributed by atoms with Crippen LogP contribution in [0.3, 0.4) is 0 Å². The molecule has 0 bridgehead atoms. The molecule has 1 aromatic rings. The van der Waals surface area contributed by atoms with Crippen LogP contribution in [0.25, 0.3) is 0 Å². The fraction of sp³-hybridized carbons (Fsp3) is 0.500. The molecule has 2 N–H and O–H groups in total. The molecule has 1 amide bonds. The van der Waals surface area contributed by atoms with Gasteiger partial charge in [0.2, 0.25) is 5.91 Å². The number of pyridine rings is 1. The lowest BCUT2D eigenvalue weighted by atomic mass is 9.92. The molecule has 1 aliphatic heterocycles. The Bertz CT molecular complexity index is 496. The smallest absolute Gasteiger partial charge is 0.329 e. The van der Waals surface area contributed by atoms with E-state index in [1.807, 2.05) is 19.1 Å². The number of aryl methyl sites for hydroxylation is 1. The van der Waals surface area contributed by atoms with Crippen molar-refractivity contribution in [3.8, 4) is 0 Å². The number of carboxylic acids is 1. The Morgan fingerprint density at radius 1 is 1.40 bits per heavy atom. The van der Waals surface area contributed by atoms with Gasteiger partial charge in [0.15, 0.2) is 0 Å². The van der Waals surface area contributed by atoms with Crippen LogP contribution in [0.5, 0.6) is 0 Å². The van der Waals surface area contributed by atoms with Gasteiger partial charge in [-0.1, -0.05) is 6.07 Å². The molecule has 0 aromatic carbocycles. The molecule has 1 fully saturated rings. The zero-order valence-corrected chi connectivity index (χ0v) is 12.2. The average Bonchev–Trinajstić information content (AvgIpc) is 2.42. The van der Waals surface area contributed by atoms with E-state index in [1.165, 1.54) is 0 Å². The quantitative estimate of drug-likeness (QED) is 0.877. The number of carbonyl (C=O) groups is 2. The summed E-state index contributed by atoms with van der Waals surface area (Å²) in [5, 5.41) is 12.1. The van der Waals surface area contributed by atoms with Crippen molar-refractivity contribution >= 4 is 23.6 Å². The Hall–Kier alpha value is -1.56. The first-order chi connectivity index (χ1) is 9.52. The van der Waals surface area contributed by atoms with Crippen molar-refractivity contribution in [2.75, 3.05) is 11.5 Å². The van der Waals surface area contributed by atoms with Crippen LogP contribution in [0.2, 0.25) is 0 Å². The molecule has 1 saturated heterocycles. The summed E-state index contributed by atoms with van der Waals surface area (Å²) in [6.45, 7) is 1.88. The van der Waals surface area contributed by atoms with Gasteiger partial charge in [-0.05, 0) is 42.9 Å². The summed E-state index contributed by atoms with van der Waals surface area (Å²) in [5.74, 6) is 0.329. The maximum atomic E-state index is 12.1. The molecule has 0 aliphatic carbocycles. The van der Waals surface area contributed by atoms with Crippen molar-refractivity contribution in [2.24, 2.45) is 0 Å². The van der Waals surface area contributed by atoms with Crippen LogP contribution in [0.4, 0.5) is 0 Å². The van der Waals surface area contributed by atoms with Crippen LogP contribution in [-0.2, 0) is 16.0 Å². The van der Waals surface area contributed by atoms with E-state index < -0.39 is 11.5 Å². The van der Waals surface area contributed by atoms with E-state index in [1.54, 1.807) is 18.0 Å². The lowest BCUT2D eigenvalue weighted by Crippen LogP contribution is -2.56. The standard InChI is InChI=1S/C14H18N2O3S/c1-10-2-3-11(9-15-10)8-12(17)16-14(13(18)19)4-6-20-7-5-14/h2-3,9H,4-8H2,1H3,(H,16,17)(H,18,19). The van der Waals surface area contributed by atoms with E-state index >= 15 is 0 Å². The lowest BCUT2D eigenvalue weighted by Gasteiger charge is -2.33. The van der Waals surface area contributed by atoms with E-state index in [4.69, 9.17) is 0 Å². The monoisotopic (exact) mass is 294 g/mol. The Labute approximate surface area is 122 Å². The number of amides is 1. The van der Waals surface area contributed by atoms with Gasteiger partial charge < -0.3 is 10.4 Å². The number of aromatic nitrogens is 1. The molecule has 0 saturated carbocycles. The molecule has 2 heterocycles. The van der Waals surface area contributed by atoms with E-state index in [-0.39, 0.29) is 12.3 Å². The topological polar surface area (TPSA) is 79.3 Å². The minimum Gasteiger partial charge on any atom is -0.480 e. The summed E-state index contributed by atoms with van der Waals surface area (Å²) < 4.78 is 0. The van der Waals surface area contributed by atoms with Gasteiger partial charge in [-0.25, -0.2) is 4.79 Å². The van der Waals surface area contributed by atoms with E-state index in [2.05, 4.69) is 10.3 Å². The maximum absolute atomic E-state index is 12.1. The highest BCUT2D eigenvalue weighted by Crippen LogP contribution is 2.27. The summed E-state index contributed by atoms with van der Waals surface area (Å²) >= 11 is 1.72. The van der Waals surface area contributed by atoms with Crippen molar-refractivity contribution < 1.29 is 14.7 Å². The highest BCUT2D eigenvalue weighted by Gasteiger charge is 2.41. The number of carboxylic acid groups (broad SMARTS) is 1. The van der Waals surface area contributed by atoms with Gasteiger partial charge in [0, 0.05) is 11.9 Å². The Morgan fingerprint density at radius 3 is 2.65 bits per heavy atom. The molecule has 0 atom stereocenters. The predicted octanol–water partition coefficient (Wildman–Crippen LogP) is 1.40. The second kappa shape index (κ2) is 6.26. The van der Waals surface area contributed by atoms with Gasteiger partial charge in [0.25, 0.3) is 0 Å². The maximum Gasteiger partial charge on any atom is 0.329 e. The van der Waals surface area contributed by atoms with Crippen LogP contribution < -0.4 is 5.32 Å². The van der Waals surface area contributed by atoms with Gasteiger partial charge in [-0.3, -0.25) is 9.78 Å². The Kier molecular flexibility index (Phi) is 4.65. The largest absolute Gasteiger partial charge is 0.480 e. The van der Waals surface area contributed by atoms with Gasteiger partial charge in [0.05, 0.1) is 6.42 Å². The minimum absolute atomic E-state index is 0.162. The number of nitrogens with zero attached hydrogens (tertiary/aromatic N) is 1. The third-order valence-corrected chi connectivity index (χ3v) is 4.46. The molecule has 0 unspecified atom stereocenters. The van der Waals surface area contributed by atoms with Crippen LogP contribution in [0.15, 0.2) is 18.3 Å². The second-order valence-electron chi connectivity index (χ2n) is 5.03. The molecule has 20 heavy (non-hydrogen) atoms. The van der Waals surface area contributed by atoms with Gasteiger partial charge in [-0.2, -0.15) is 11.8 Å². The molecular weight excluding hydrogens is 276 g/mol. The summed E-state index contributed by atoms with van der Waals surface area (Å²) in [6, 6.07) is 3.68. The van der Waals surface area contributed by atoms with Crippen molar-refractivity contribution in [1.82, 2.24) is 10.3 Å². The Morgan fingerprint density at radius 2 is 2.10 bits per heavy atom. The van der Waals surface area contributed by atoms with Crippen LogP contribution in [-0.4, -0.2) is 39.0 Å². The lowest BCUT2D eigenvalue weighted by molar-refractivity contribution is -0.148. The average molecular weight is 294 g/mol. The SMILES string of the molecule is Cc1ccc(CC(=O)NC2(C(=O)O)CCSCC2)cn1. The first-order valence-corrected chi connectivity index (χ1v) is 7.71. The normalized spacial score (nSPS) is 17.4. The number of hydrogen-bond donors (Lipinski definition) is 2. The first-order valence-electron chi connectivity index (χ1n) is 6.55. The second-order valence-corrected chi connectivity index (χ2v) is 6.26. The van der Waals surface area contributed by atoms with Gasteiger partial charge in [-0.15, -0.1) is 0 Å². The zero-order valence-electron chi connectivity index (χ0n) is 11.4. The fourth-order valence-corrected chi connectivity index (χ4v) is 3.40. The first kappa shape index (κ1) is 14.8. The predicted molar refractivity (Wildman–Crippen MR) is 77.7 cm³/mol. The molecule has 108 valence electrons. The van der Waals surface area contributed by atoms with E-state index in [0.717, 1.165) is 22.8 Å². The number of aliphatic carboxylic acids is 1. The number of hydrogen-bond acceptors (Lipinski definition) is 4. The molecule has 5 nitrogen and oxygen atoms in total. The van der Waals surface area contributed by atoms with Crippen LogP contribution >= 0.6 is 11.8 Å². The van der Waals surface area contributed by atoms with Crippen molar-refractivity contribution in [3.63, 3.8) is 0 Å². The molecule has 2 rings (SSSR count). The zero-order chi connectivity index (χ0) is 14.6. The minimum atomic E-state index is -1.10. The van der Waals surface area contributed by atoms with Gasteiger partial charge in [0.1, 0.15) is 5.54 Å². The third kappa shape index (κ3) is 3.50. The Balaban J connectivity index is 2.01. The fourth-order valence-electron chi connectivity index (χ4n) is 2.21. The molecule has 6 heteroatoms. The van der Waals surface area contributed by atoms with Crippen molar-refractivity contribution in [3.05, 3.63) is 29.6 Å². The number of thioether (sulfide) groups is 1. The summed E-state index contributed by atoms with van der Waals surface area (Å²) in [5.41, 5.74) is 0.583. The molecular formula is C14H18N2O3S. The molecule has 0 spiro atoms. The van der Waals surface area contributed by atoms with Crippen molar-refractivity contribution in [1.29, 1.82) is 0 Å². The number of carbonyl (C=O) groups excluding carboxylic acids is 1. The summed E-state index contributed by atoms with van der Waals surface area (Å²) in [6.07, 6.45) is 2.77. The summed E-state index contributed by atoms with van der Waals surface area (Å²) in [7, 11) is 0. The van der Waals surface area contributed by atoms with Gasteiger partial charge >= 0.3 is 5.97 Å².